The minimum absolute atomic E-state index is 0.791. The molecule has 3 rings (SSSR count). The molecule has 0 bridgehead atoms. The summed E-state index contributed by atoms with van der Waals surface area (Å²) in [5.74, 6) is 0.791. The van der Waals surface area contributed by atoms with E-state index in [2.05, 4.69) is 44.5 Å². The standard InChI is InChI=1S/C14H16N4/c1-15-8-11-9-16-14(17-10-11)18-7-6-12-4-2-3-5-13(12)18/h2-5,9-10,15H,6-8H2,1H3. The van der Waals surface area contributed by atoms with E-state index in [1.165, 1.54) is 11.3 Å². The number of para-hydroxylation sites is 1. The first-order chi connectivity index (χ1) is 8.88. The third kappa shape index (κ3) is 1.95. The highest BCUT2D eigenvalue weighted by Gasteiger charge is 2.21. The van der Waals surface area contributed by atoms with Crippen molar-refractivity contribution in [1.29, 1.82) is 0 Å². The van der Waals surface area contributed by atoms with Crippen LogP contribution in [0.3, 0.4) is 0 Å². The number of fused-ring (bicyclic) bond motifs is 1. The van der Waals surface area contributed by atoms with Crippen molar-refractivity contribution < 1.29 is 0 Å². The van der Waals surface area contributed by atoms with Crippen molar-refractivity contribution in [3.63, 3.8) is 0 Å². The number of benzene rings is 1. The molecular formula is C14H16N4. The maximum atomic E-state index is 4.45. The molecular weight excluding hydrogens is 224 g/mol. The van der Waals surface area contributed by atoms with E-state index in [4.69, 9.17) is 0 Å². The summed E-state index contributed by atoms with van der Waals surface area (Å²) in [6.45, 7) is 1.77. The Bertz CT molecular complexity index is 536. The molecule has 0 aliphatic carbocycles. The fourth-order valence-corrected chi connectivity index (χ4v) is 2.33. The van der Waals surface area contributed by atoms with Gasteiger partial charge < -0.3 is 10.2 Å². The Balaban J connectivity index is 1.88. The molecule has 2 aromatic rings. The summed E-state index contributed by atoms with van der Waals surface area (Å²) in [4.78, 5) is 11.1. The third-order valence-electron chi connectivity index (χ3n) is 3.20. The first kappa shape index (κ1) is 11.2. The lowest BCUT2D eigenvalue weighted by molar-refractivity contribution is 0.803. The number of hydrogen-bond donors (Lipinski definition) is 1. The molecule has 18 heavy (non-hydrogen) atoms. The van der Waals surface area contributed by atoms with Gasteiger partial charge in [0.25, 0.3) is 0 Å². The van der Waals surface area contributed by atoms with Crippen LogP contribution < -0.4 is 10.2 Å². The van der Waals surface area contributed by atoms with Gasteiger partial charge >= 0.3 is 0 Å². The zero-order valence-corrected chi connectivity index (χ0v) is 10.4. The SMILES string of the molecule is CNCc1cnc(N2CCc3ccccc32)nc1. The molecule has 1 aromatic heterocycles. The van der Waals surface area contributed by atoms with Crippen LogP contribution in [0, 0.1) is 0 Å². The van der Waals surface area contributed by atoms with Crippen LogP contribution in [0.5, 0.6) is 0 Å². The number of anilines is 2. The van der Waals surface area contributed by atoms with Crippen molar-refractivity contribution in [2.45, 2.75) is 13.0 Å². The van der Waals surface area contributed by atoms with Gasteiger partial charge in [-0.2, -0.15) is 0 Å². The summed E-state index contributed by atoms with van der Waals surface area (Å²) in [7, 11) is 1.92. The highest BCUT2D eigenvalue weighted by molar-refractivity contribution is 5.65. The van der Waals surface area contributed by atoms with Crippen LogP contribution in [0.15, 0.2) is 36.7 Å². The van der Waals surface area contributed by atoms with Crippen LogP contribution in [-0.4, -0.2) is 23.6 Å². The molecule has 1 N–H and O–H groups in total. The fraction of sp³-hybridized carbons (Fsp3) is 0.286. The van der Waals surface area contributed by atoms with Crippen molar-refractivity contribution >= 4 is 11.6 Å². The molecule has 0 saturated carbocycles. The van der Waals surface area contributed by atoms with Gasteiger partial charge in [0.1, 0.15) is 0 Å². The lowest BCUT2D eigenvalue weighted by atomic mass is 10.2. The maximum absolute atomic E-state index is 4.45. The number of rotatable bonds is 3. The van der Waals surface area contributed by atoms with Gasteiger partial charge in [-0.15, -0.1) is 0 Å². The largest absolute Gasteiger partial charge is 0.316 e. The molecule has 1 aromatic carbocycles. The second-order valence-electron chi connectivity index (χ2n) is 4.45. The Morgan fingerprint density at radius 1 is 1.22 bits per heavy atom. The van der Waals surface area contributed by atoms with Crippen molar-refractivity contribution in [3.05, 3.63) is 47.8 Å². The summed E-state index contributed by atoms with van der Waals surface area (Å²) in [6, 6.07) is 8.45. The maximum Gasteiger partial charge on any atom is 0.229 e. The van der Waals surface area contributed by atoms with Gasteiger partial charge in [0, 0.05) is 36.7 Å². The minimum Gasteiger partial charge on any atom is -0.316 e. The zero-order chi connectivity index (χ0) is 12.4. The van der Waals surface area contributed by atoms with Gasteiger partial charge in [-0.25, -0.2) is 9.97 Å². The summed E-state index contributed by atoms with van der Waals surface area (Å²) in [6.07, 6.45) is 4.84. The van der Waals surface area contributed by atoms with Gasteiger partial charge in [0.2, 0.25) is 5.95 Å². The highest BCUT2D eigenvalue weighted by atomic mass is 15.3. The number of hydrogen-bond acceptors (Lipinski definition) is 4. The van der Waals surface area contributed by atoms with E-state index in [-0.39, 0.29) is 0 Å². The van der Waals surface area contributed by atoms with Crippen LogP contribution >= 0.6 is 0 Å². The monoisotopic (exact) mass is 240 g/mol. The Labute approximate surface area is 107 Å². The molecule has 0 saturated heterocycles. The molecule has 0 spiro atoms. The molecule has 1 aliphatic heterocycles. The van der Waals surface area contributed by atoms with E-state index in [1.54, 1.807) is 0 Å². The van der Waals surface area contributed by atoms with Crippen LogP contribution in [-0.2, 0) is 13.0 Å². The Morgan fingerprint density at radius 3 is 2.78 bits per heavy atom. The molecule has 2 heterocycles. The normalized spacial score (nSPS) is 13.7. The number of nitrogens with zero attached hydrogens (tertiary/aromatic N) is 3. The minimum atomic E-state index is 0.791. The molecule has 0 amide bonds. The number of aromatic nitrogens is 2. The smallest absolute Gasteiger partial charge is 0.229 e. The predicted octanol–water partition coefficient (Wildman–Crippen LogP) is 1.89. The van der Waals surface area contributed by atoms with Crippen LogP contribution in [0.25, 0.3) is 0 Å². The highest BCUT2D eigenvalue weighted by Crippen LogP contribution is 2.31. The quantitative estimate of drug-likeness (QED) is 0.889. The lowest BCUT2D eigenvalue weighted by Gasteiger charge is -2.16. The first-order valence-electron chi connectivity index (χ1n) is 6.19. The van der Waals surface area contributed by atoms with Gasteiger partial charge in [-0.1, -0.05) is 18.2 Å². The molecule has 0 fully saturated rings. The van der Waals surface area contributed by atoms with Crippen molar-refractivity contribution in [2.24, 2.45) is 0 Å². The van der Waals surface area contributed by atoms with Gasteiger partial charge in [0.05, 0.1) is 0 Å². The molecule has 92 valence electrons. The zero-order valence-electron chi connectivity index (χ0n) is 10.4. The second kappa shape index (κ2) is 4.74. The van der Waals surface area contributed by atoms with E-state index >= 15 is 0 Å². The molecule has 4 heteroatoms. The van der Waals surface area contributed by atoms with Crippen molar-refractivity contribution in [2.75, 3.05) is 18.5 Å². The van der Waals surface area contributed by atoms with Crippen molar-refractivity contribution in [1.82, 2.24) is 15.3 Å². The second-order valence-corrected chi connectivity index (χ2v) is 4.45. The topological polar surface area (TPSA) is 41.1 Å². The van der Waals surface area contributed by atoms with Gasteiger partial charge in [-0.05, 0) is 25.1 Å². The molecule has 0 radical (unpaired) electrons. The van der Waals surface area contributed by atoms with E-state index in [0.29, 0.717) is 0 Å². The average Bonchev–Trinajstić information content (AvgIpc) is 2.84. The van der Waals surface area contributed by atoms with E-state index in [9.17, 15) is 0 Å². The number of nitrogens with one attached hydrogen (secondary N) is 1. The predicted molar refractivity (Wildman–Crippen MR) is 71.9 cm³/mol. The Morgan fingerprint density at radius 2 is 2.00 bits per heavy atom. The van der Waals surface area contributed by atoms with E-state index < -0.39 is 0 Å². The van der Waals surface area contributed by atoms with E-state index in [0.717, 1.165) is 31.0 Å². The van der Waals surface area contributed by atoms with Crippen LogP contribution in [0.2, 0.25) is 0 Å². The Hall–Kier alpha value is -1.94. The average molecular weight is 240 g/mol. The van der Waals surface area contributed by atoms with Gasteiger partial charge in [-0.3, -0.25) is 0 Å². The Kier molecular flexibility index (Phi) is 2.94. The van der Waals surface area contributed by atoms with Crippen LogP contribution in [0.4, 0.5) is 11.6 Å². The summed E-state index contributed by atoms with van der Waals surface area (Å²) in [5, 5.41) is 3.10. The summed E-state index contributed by atoms with van der Waals surface area (Å²) in [5.41, 5.74) is 3.72. The van der Waals surface area contributed by atoms with E-state index in [1.807, 2.05) is 19.4 Å². The summed E-state index contributed by atoms with van der Waals surface area (Å²) >= 11 is 0. The molecule has 0 atom stereocenters. The van der Waals surface area contributed by atoms with Gasteiger partial charge in [0.15, 0.2) is 0 Å². The molecule has 4 nitrogen and oxygen atoms in total. The fourth-order valence-electron chi connectivity index (χ4n) is 2.33. The summed E-state index contributed by atoms with van der Waals surface area (Å²) < 4.78 is 0. The van der Waals surface area contributed by atoms with Crippen LogP contribution in [0.1, 0.15) is 11.1 Å². The third-order valence-corrected chi connectivity index (χ3v) is 3.20. The first-order valence-corrected chi connectivity index (χ1v) is 6.19. The molecule has 0 unspecified atom stereocenters. The lowest BCUT2D eigenvalue weighted by Crippen LogP contribution is -2.16. The molecule has 1 aliphatic rings. The van der Waals surface area contributed by atoms with Crippen molar-refractivity contribution in [3.8, 4) is 0 Å².